The summed E-state index contributed by atoms with van der Waals surface area (Å²) < 4.78 is 5.62. The molecule has 1 atom stereocenters. The minimum atomic E-state index is -0.519. The lowest BCUT2D eigenvalue weighted by molar-refractivity contribution is 0.0605. The summed E-state index contributed by atoms with van der Waals surface area (Å²) in [6.45, 7) is 2.80. The molecule has 2 aromatic rings. The maximum Gasteiger partial charge on any atom is 0.120 e. The molecule has 2 N–H and O–H groups in total. The molecular formula is C20H24Cl2N2O2. The quantitative estimate of drug-likeness (QED) is 0.734. The molecule has 26 heavy (non-hydrogen) atoms. The molecular weight excluding hydrogens is 371 g/mol. The first-order chi connectivity index (χ1) is 12.6. The van der Waals surface area contributed by atoms with E-state index in [4.69, 9.17) is 27.9 Å². The van der Waals surface area contributed by atoms with Crippen molar-refractivity contribution in [2.45, 2.75) is 25.0 Å². The van der Waals surface area contributed by atoms with Crippen LogP contribution in [-0.4, -0.2) is 48.4 Å². The Hall–Kier alpha value is -1.46. The molecule has 1 fully saturated rings. The predicted molar refractivity (Wildman–Crippen MR) is 107 cm³/mol. The molecule has 1 saturated heterocycles. The van der Waals surface area contributed by atoms with Crippen molar-refractivity contribution in [1.29, 1.82) is 0 Å². The summed E-state index contributed by atoms with van der Waals surface area (Å²) in [6.07, 6.45) is 1.57. The summed E-state index contributed by atoms with van der Waals surface area (Å²) in [5, 5.41) is 15.2. The van der Waals surface area contributed by atoms with Crippen LogP contribution in [-0.2, 0) is 0 Å². The van der Waals surface area contributed by atoms with E-state index in [0.29, 0.717) is 23.4 Å². The van der Waals surface area contributed by atoms with Gasteiger partial charge in [-0.2, -0.15) is 0 Å². The summed E-state index contributed by atoms with van der Waals surface area (Å²) in [4.78, 5) is 2.28. The fourth-order valence-corrected chi connectivity index (χ4v) is 3.45. The van der Waals surface area contributed by atoms with Crippen LogP contribution < -0.4 is 10.1 Å². The number of aliphatic hydroxyl groups excluding tert-OH is 1. The summed E-state index contributed by atoms with van der Waals surface area (Å²) in [6, 6.07) is 15.5. The van der Waals surface area contributed by atoms with Crippen LogP contribution in [0.15, 0.2) is 48.5 Å². The number of rotatable bonds is 7. The number of halogens is 2. The maximum absolute atomic E-state index is 10.2. The largest absolute Gasteiger partial charge is 0.491 e. The fraction of sp³-hybridized carbons (Fsp3) is 0.400. The van der Waals surface area contributed by atoms with Gasteiger partial charge in [0.2, 0.25) is 0 Å². The van der Waals surface area contributed by atoms with E-state index in [-0.39, 0.29) is 6.61 Å². The van der Waals surface area contributed by atoms with E-state index >= 15 is 0 Å². The number of hydrogen-bond acceptors (Lipinski definition) is 4. The van der Waals surface area contributed by atoms with Crippen LogP contribution in [0.5, 0.6) is 5.75 Å². The second-order valence-corrected chi connectivity index (χ2v) is 7.52. The third kappa shape index (κ3) is 6.06. The van der Waals surface area contributed by atoms with Crippen LogP contribution in [0.2, 0.25) is 10.0 Å². The lowest BCUT2D eigenvalue weighted by Crippen LogP contribution is -2.43. The molecule has 1 heterocycles. The van der Waals surface area contributed by atoms with Gasteiger partial charge in [-0.15, -0.1) is 0 Å². The average molecular weight is 395 g/mol. The van der Waals surface area contributed by atoms with Gasteiger partial charge in [-0.25, -0.2) is 0 Å². The van der Waals surface area contributed by atoms with Crippen LogP contribution in [0.4, 0.5) is 5.69 Å². The Labute approximate surface area is 164 Å². The zero-order valence-electron chi connectivity index (χ0n) is 14.6. The molecule has 6 heteroatoms. The molecule has 0 aliphatic carbocycles. The molecule has 0 bridgehead atoms. The first kappa shape index (κ1) is 19.3. The van der Waals surface area contributed by atoms with E-state index in [1.54, 1.807) is 12.1 Å². The van der Waals surface area contributed by atoms with Gasteiger partial charge in [0, 0.05) is 41.4 Å². The fourth-order valence-electron chi connectivity index (χ4n) is 3.14. The predicted octanol–water partition coefficient (Wildman–Crippen LogP) is 4.31. The molecule has 0 radical (unpaired) electrons. The lowest BCUT2D eigenvalue weighted by atomic mass is 10.0. The average Bonchev–Trinajstić information content (AvgIpc) is 2.64. The van der Waals surface area contributed by atoms with Gasteiger partial charge in [-0.3, -0.25) is 0 Å². The van der Waals surface area contributed by atoms with Crippen LogP contribution in [0.3, 0.4) is 0 Å². The third-order valence-electron chi connectivity index (χ3n) is 4.51. The minimum absolute atomic E-state index is 0.267. The van der Waals surface area contributed by atoms with E-state index in [1.165, 1.54) is 0 Å². The first-order valence-electron chi connectivity index (χ1n) is 8.89. The van der Waals surface area contributed by atoms with Crippen LogP contribution >= 0.6 is 23.2 Å². The van der Waals surface area contributed by atoms with Gasteiger partial charge >= 0.3 is 0 Å². The number of ether oxygens (including phenoxy) is 1. The number of piperidine rings is 1. The van der Waals surface area contributed by atoms with Gasteiger partial charge in [0.15, 0.2) is 0 Å². The second kappa shape index (κ2) is 9.47. The van der Waals surface area contributed by atoms with E-state index < -0.39 is 6.10 Å². The standard InChI is InChI=1S/C20H24Cl2N2O2/c21-15-4-6-17(7-5-15)23-18-8-10-24(11-9-18)13-19(25)14-26-20-3-1-2-16(22)12-20/h1-7,12,18-19,23,25H,8-11,13-14H2. The Morgan fingerprint density at radius 1 is 1.08 bits per heavy atom. The number of nitrogens with one attached hydrogen (secondary N) is 1. The van der Waals surface area contributed by atoms with Gasteiger partial charge < -0.3 is 20.1 Å². The summed E-state index contributed by atoms with van der Waals surface area (Å²) in [5.74, 6) is 0.683. The SMILES string of the molecule is OC(COc1cccc(Cl)c1)CN1CCC(Nc2ccc(Cl)cc2)CC1. The van der Waals surface area contributed by atoms with Crippen molar-refractivity contribution in [3.63, 3.8) is 0 Å². The Bertz CT molecular complexity index is 688. The molecule has 1 aliphatic rings. The highest BCUT2D eigenvalue weighted by molar-refractivity contribution is 6.30. The molecule has 1 unspecified atom stereocenters. The summed E-state index contributed by atoms with van der Waals surface area (Å²) in [7, 11) is 0. The van der Waals surface area contributed by atoms with Crippen LogP contribution in [0.25, 0.3) is 0 Å². The topological polar surface area (TPSA) is 44.7 Å². The van der Waals surface area contributed by atoms with Gasteiger partial charge in [-0.1, -0.05) is 29.3 Å². The third-order valence-corrected chi connectivity index (χ3v) is 5.00. The molecule has 0 aromatic heterocycles. The number of nitrogens with zero attached hydrogens (tertiary/aromatic N) is 1. The summed E-state index contributed by atoms with van der Waals surface area (Å²) in [5.41, 5.74) is 1.10. The molecule has 0 saturated carbocycles. The van der Waals surface area contributed by atoms with E-state index in [2.05, 4.69) is 10.2 Å². The Morgan fingerprint density at radius 2 is 1.81 bits per heavy atom. The number of anilines is 1. The van der Waals surface area contributed by atoms with Crippen molar-refractivity contribution >= 4 is 28.9 Å². The number of aliphatic hydroxyl groups is 1. The second-order valence-electron chi connectivity index (χ2n) is 6.65. The molecule has 2 aromatic carbocycles. The van der Waals surface area contributed by atoms with Crippen LogP contribution in [0, 0.1) is 0 Å². The highest BCUT2D eigenvalue weighted by Crippen LogP contribution is 2.20. The van der Waals surface area contributed by atoms with Crippen molar-refractivity contribution < 1.29 is 9.84 Å². The number of benzene rings is 2. The Morgan fingerprint density at radius 3 is 2.50 bits per heavy atom. The van der Waals surface area contributed by atoms with Crippen molar-refractivity contribution in [3.8, 4) is 5.75 Å². The highest BCUT2D eigenvalue weighted by atomic mass is 35.5. The maximum atomic E-state index is 10.2. The van der Waals surface area contributed by atoms with E-state index in [0.717, 1.165) is 36.6 Å². The first-order valence-corrected chi connectivity index (χ1v) is 9.65. The molecule has 3 rings (SSSR count). The zero-order valence-corrected chi connectivity index (χ0v) is 16.1. The van der Waals surface area contributed by atoms with E-state index in [9.17, 15) is 5.11 Å². The van der Waals surface area contributed by atoms with Gasteiger partial charge in [-0.05, 0) is 55.3 Å². The van der Waals surface area contributed by atoms with Gasteiger partial charge in [0.1, 0.15) is 18.5 Å². The Balaban J connectivity index is 1.37. The number of β-amino-alcohol motifs (C(OH)–C–C–N with tert-alkyl or cyclic N) is 1. The van der Waals surface area contributed by atoms with Crippen molar-refractivity contribution in [2.24, 2.45) is 0 Å². The van der Waals surface area contributed by atoms with Crippen molar-refractivity contribution in [1.82, 2.24) is 4.90 Å². The van der Waals surface area contributed by atoms with Gasteiger partial charge in [0.05, 0.1) is 0 Å². The normalized spacial score (nSPS) is 17.0. The van der Waals surface area contributed by atoms with Crippen molar-refractivity contribution in [2.75, 3.05) is 31.6 Å². The smallest absolute Gasteiger partial charge is 0.120 e. The molecule has 1 aliphatic heterocycles. The number of likely N-dealkylation sites (tertiary alicyclic amines) is 1. The number of hydrogen-bond donors (Lipinski definition) is 2. The van der Waals surface area contributed by atoms with E-state index in [1.807, 2.05) is 36.4 Å². The Kier molecular flexibility index (Phi) is 7.03. The molecule has 0 spiro atoms. The van der Waals surface area contributed by atoms with Gasteiger partial charge in [0.25, 0.3) is 0 Å². The lowest BCUT2D eigenvalue weighted by Gasteiger charge is -2.33. The molecule has 0 amide bonds. The monoisotopic (exact) mass is 394 g/mol. The molecule has 4 nitrogen and oxygen atoms in total. The molecule has 140 valence electrons. The minimum Gasteiger partial charge on any atom is -0.491 e. The van der Waals surface area contributed by atoms with Crippen molar-refractivity contribution in [3.05, 3.63) is 58.6 Å². The summed E-state index contributed by atoms with van der Waals surface area (Å²) >= 11 is 11.9. The highest BCUT2D eigenvalue weighted by Gasteiger charge is 2.21. The van der Waals surface area contributed by atoms with Crippen LogP contribution in [0.1, 0.15) is 12.8 Å². The zero-order chi connectivity index (χ0) is 18.4.